The van der Waals surface area contributed by atoms with E-state index in [4.69, 9.17) is 14.5 Å². The van der Waals surface area contributed by atoms with Gasteiger partial charge in [-0.15, -0.1) is 0 Å². The van der Waals surface area contributed by atoms with Gasteiger partial charge in [-0.05, 0) is 50.2 Å². The third-order valence-corrected chi connectivity index (χ3v) is 8.48. The number of amides is 2. The summed E-state index contributed by atoms with van der Waals surface area (Å²) in [6, 6.07) is 13.3. The van der Waals surface area contributed by atoms with Gasteiger partial charge in [0.15, 0.2) is 0 Å². The lowest BCUT2D eigenvalue weighted by Gasteiger charge is -2.18. The minimum Gasteiger partial charge on any atom is -0.496 e. The first-order valence-electron chi connectivity index (χ1n) is 14.6. The van der Waals surface area contributed by atoms with Crippen LogP contribution >= 0.6 is 0 Å². The molecule has 0 aliphatic carbocycles. The fourth-order valence-electron chi connectivity index (χ4n) is 6.09. The first-order valence-corrected chi connectivity index (χ1v) is 14.6. The van der Waals surface area contributed by atoms with Crippen LogP contribution < -0.4 is 14.8 Å². The van der Waals surface area contributed by atoms with Crippen LogP contribution in [0, 0.1) is 6.92 Å². The van der Waals surface area contributed by atoms with Gasteiger partial charge in [-0.1, -0.05) is 12.1 Å². The molecule has 3 aromatic heterocycles. The summed E-state index contributed by atoms with van der Waals surface area (Å²) in [7, 11) is 8.63. The van der Waals surface area contributed by atoms with E-state index in [2.05, 4.69) is 19.6 Å². The van der Waals surface area contributed by atoms with E-state index in [0.29, 0.717) is 29.4 Å². The summed E-state index contributed by atoms with van der Waals surface area (Å²) in [6.45, 7) is 3.97. The van der Waals surface area contributed by atoms with Crippen LogP contribution in [0.3, 0.4) is 0 Å². The molecule has 1 saturated heterocycles. The van der Waals surface area contributed by atoms with E-state index in [0.717, 1.165) is 58.7 Å². The minimum absolute atomic E-state index is 0.0961. The van der Waals surface area contributed by atoms with E-state index in [9.17, 15) is 9.59 Å². The maximum atomic E-state index is 13.4. The van der Waals surface area contributed by atoms with E-state index in [1.807, 2.05) is 67.2 Å². The third-order valence-electron chi connectivity index (χ3n) is 8.48. The van der Waals surface area contributed by atoms with Crippen molar-refractivity contribution < 1.29 is 19.1 Å². The van der Waals surface area contributed by atoms with E-state index >= 15 is 0 Å². The number of anilines is 1. The quantitative estimate of drug-likeness (QED) is 0.284. The van der Waals surface area contributed by atoms with Gasteiger partial charge in [0.25, 0.3) is 5.91 Å². The van der Waals surface area contributed by atoms with Crippen molar-refractivity contribution in [2.45, 2.75) is 19.3 Å². The Morgan fingerprint density at radius 1 is 1.09 bits per heavy atom. The van der Waals surface area contributed by atoms with Crippen molar-refractivity contribution in [3.8, 4) is 22.8 Å². The molecule has 2 aromatic carbocycles. The van der Waals surface area contributed by atoms with Gasteiger partial charge in [0, 0.05) is 56.9 Å². The molecule has 11 heteroatoms. The molecule has 1 N–H and O–H groups in total. The Morgan fingerprint density at radius 3 is 2.64 bits per heavy atom. The number of ether oxygens (including phenoxy) is 2. The summed E-state index contributed by atoms with van der Waals surface area (Å²) < 4.78 is 15.2. The molecule has 1 aliphatic rings. The maximum Gasteiger partial charge on any atom is 0.272 e. The largest absolute Gasteiger partial charge is 0.496 e. The summed E-state index contributed by atoms with van der Waals surface area (Å²) in [5, 5.41) is 3.89. The van der Waals surface area contributed by atoms with E-state index in [1.54, 1.807) is 39.4 Å². The molecule has 0 radical (unpaired) electrons. The molecule has 0 unspecified atom stereocenters. The number of fused-ring (bicyclic) bond motifs is 2. The topological polar surface area (TPSA) is 106 Å². The Morgan fingerprint density at radius 2 is 1.89 bits per heavy atom. The van der Waals surface area contributed by atoms with Crippen molar-refractivity contribution in [3.63, 3.8) is 0 Å². The number of likely N-dealkylation sites (tertiary alicyclic amines) is 1. The first kappa shape index (κ1) is 29.2. The van der Waals surface area contributed by atoms with Crippen LogP contribution in [-0.4, -0.2) is 88.5 Å². The SMILES string of the molecule is COc1cc(-c2nc([C@@H]3CCN(CC(=O)N(C)C)C3)n3ccnc(C)c23)ccc1NC(=O)c1cc2c(OC)cccc2n1C. The molecule has 1 aliphatic heterocycles. The van der Waals surface area contributed by atoms with Gasteiger partial charge < -0.3 is 24.3 Å². The predicted octanol–water partition coefficient (Wildman–Crippen LogP) is 4.34. The molecule has 228 valence electrons. The van der Waals surface area contributed by atoms with Gasteiger partial charge in [0.05, 0.1) is 48.9 Å². The number of carbonyl (C=O) groups excluding carboxylic acids is 2. The lowest BCUT2D eigenvalue weighted by atomic mass is 10.1. The number of hydrogen-bond acceptors (Lipinski definition) is 7. The zero-order chi connectivity index (χ0) is 31.1. The molecule has 11 nitrogen and oxygen atoms in total. The molecule has 0 saturated carbocycles. The number of likely N-dealkylation sites (N-methyl/N-ethyl adjacent to an activating group) is 1. The zero-order valence-corrected chi connectivity index (χ0v) is 25.9. The standard InChI is InChI=1S/C33H37N7O4/c1-20-31-30(36-32(40(31)15-13-34-20)22-12-14-39(18-22)19-29(41)37(2)3)21-10-11-24(28(16-21)44-6)35-33(42)26-17-23-25(38(26)4)8-7-9-27(23)43-5/h7-11,13,15-17,22H,12,14,18-19H2,1-6H3,(H,35,42)/t22-/m1/s1. The van der Waals surface area contributed by atoms with Crippen LogP contribution in [0.2, 0.25) is 0 Å². The first-order chi connectivity index (χ1) is 21.2. The monoisotopic (exact) mass is 595 g/mol. The van der Waals surface area contributed by atoms with Crippen molar-refractivity contribution in [1.82, 2.24) is 28.7 Å². The molecular weight excluding hydrogens is 558 g/mol. The Bertz CT molecular complexity index is 1890. The number of carbonyl (C=O) groups is 2. The molecule has 1 fully saturated rings. The van der Waals surface area contributed by atoms with Crippen LogP contribution in [0.25, 0.3) is 27.7 Å². The predicted molar refractivity (Wildman–Crippen MR) is 170 cm³/mol. The molecule has 0 bridgehead atoms. The number of nitrogens with one attached hydrogen (secondary N) is 1. The summed E-state index contributed by atoms with van der Waals surface area (Å²) >= 11 is 0. The number of methoxy groups -OCH3 is 2. The second kappa shape index (κ2) is 11.6. The van der Waals surface area contributed by atoms with Crippen molar-refractivity contribution in [2.75, 3.05) is 53.3 Å². The second-order valence-corrected chi connectivity index (χ2v) is 11.4. The van der Waals surface area contributed by atoms with Gasteiger partial charge in [0.1, 0.15) is 23.0 Å². The Kier molecular flexibility index (Phi) is 7.73. The van der Waals surface area contributed by atoms with Gasteiger partial charge in [-0.3, -0.25) is 23.9 Å². The highest BCUT2D eigenvalue weighted by Crippen LogP contribution is 2.37. The summed E-state index contributed by atoms with van der Waals surface area (Å²) in [5.74, 6) is 2.19. The van der Waals surface area contributed by atoms with Gasteiger partial charge in [-0.2, -0.15) is 0 Å². The van der Waals surface area contributed by atoms with Crippen molar-refractivity contribution in [2.24, 2.45) is 7.05 Å². The molecular formula is C33H37N7O4. The number of imidazole rings is 1. The van der Waals surface area contributed by atoms with Crippen LogP contribution in [0.15, 0.2) is 54.9 Å². The number of aryl methyl sites for hydroxylation is 2. The normalized spacial score (nSPS) is 15.2. The second-order valence-electron chi connectivity index (χ2n) is 11.4. The van der Waals surface area contributed by atoms with E-state index < -0.39 is 0 Å². The summed E-state index contributed by atoms with van der Waals surface area (Å²) in [5.41, 5.74) is 5.39. The number of hydrogen-bond donors (Lipinski definition) is 1. The average Bonchev–Trinajstić information content (AvgIpc) is 3.73. The summed E-state index contributed by atoms with van der Waals surface area (Å²) in [6.07, 6.45) is 4.66. The molecule has 6 rings (SSSR count). The van der Waals surface area contributed by atoms with Crippen LogP contribution in [0.4, 0.5) is 5.69 Å². The van der Waals surface area contributed by atoms with Crippen molar-refractivity contribution >= 4 is 33.9 Å². The lowest BCUT2D eigenvalue weighted by molar-refractivity contribution is -0.129. The lowest BCUT2D eigenvalue weighted by Crippen LogP contribution is -2.35. The fourth-order valence-corrected chi connectivity index (χ4v) is 6.09. The van der Waals surface area contributed by atoms with Gasteiger partial charge in [0.2, 0.25) is 5.91 Å². The highest BCUT2D eigenvalue weighted by atomic mass is 16.5. The zero-order valence-electron chi connectivity index (χ0n) is 25.9. The maximum absolute atomic E-state index is 13.4. The van der Waals surface area contributed by atoms with E-state index in [1.165, 1.54) is 0 Å². The molecule has 5 aromatic rings. The third kappa shape index (κ3) is 5.13. The molecule has 2 amide bonds. The Labute approximate surface area is 256 Å². The number of benzene rings is 2. The van der Waals surface area contributed by atoms with Crippen LogP contribution in [0.1, 0.15) is 34.3 Å². The molecule has 44 heavy (non-hydrogen) atoms. The molecule has 4 heterocycles. The van der Waals surface area contributed by atoms with Gasteiger partial charge in [-0.25, -0.2) is 4.98 Å². The van der Waals surface area contributed by atoms with Crippen molar-refractivity contribution in [1.29, 1.82) is 0 Å². The fraction of sp³-hybridized carbons (Fsp3) is 0.333. The number of nitrogens with zero attached hydrogens (tertiary/aromatic N) is 6. The number of rotatable bonds is 8. The van der Waals surface area contributed by atoms with Crippen molar-refractivity contribution in [3.05, 3.63) is 72.1 Å². The minimum atomic E-state index is -0.259. The Hall–Kier alpha value is -4.90. The molecule has 1 atom stereocenters. The average molecular weight is 596 g/mol. The highest BCUT2D eigenvalue weighted by Gasteiger charge is 2.30. The number of aromatic nitrogens is 4. The van der Waals surface area contributed by atoms with Crippen LogP contribution in [0.5, 0.6) is 11.5 Å². The van der Waals surface area contributed by atoms with Crippen LogP contribution in [-0.2, 0) is 11.8 Å². The summed E-state index contributed by atoms with van der Waals surface area (Å²) in [4.78, 5) is 39.3. The Balaban J connectivity index is 1.31. The smallest absolute Gasteiger partial charge is 0.272 e. The van der Waals surface area contributed by atoms with Gasteiger partial charge >= 0.3 is 0 Å². The molecule has 0 spiro atoms. The highest BCUT2D eigenvalue weighted by molar-refractivity contribution is 6.08. The van der Waals surface area contributed by atoms with E-state index in [-0.39, 0.29) is 17.7 Å².